The van der Waals surface area contributed by atoms with Crippen LogP contribution in [-0.4, -0.2) is 35.1 Å². The van der Waals surface area contributed by atoms with Gasteiger partial charge in [0.25, 0.3) is 0 Å². The first-order valence-electron chi connectivity index (χ1n) is 8.06. The summed E-state index contributed by atoms with van der Waals surface area (Å²) in [6, 6.07) is 7.20. The summed E-state index contributed by atoms with van der Waals surface area (Å²) in [5.41, 5.74) is 6.35. The van der Waals surface area contributed by atoms with Gasteiger partial charge in [0, 0.05) is 18.8 Å². The first kappa shape index (κ1) is 16.7. The van der Waals surface area contributed by atoms with Crippen LogP contribution >= 0.6 is 0 Å². The lowest BCUT2D eigenvalue weighted by atomic mass is 10.1. The smallest absolute Gasteiger partial charge is 0.353 e. The average Bonchev–Trinajstić information content (AvgIpc) is 2.62. The van der Waals surface area contributed by atoms with Gasteiger partial charge in [0.1, 0.15) is 5.75 Å². The number of hydrogen-bond acceptors (Lipinski definition) is 8. The Labute approximate surface area is 145 Å². The van der Waals surface area contributed by atoms with Crippen LogP contribution in [0.2, 0.25) is 0 Å². The van der Waals surface area contributed by atoms with E-state index in [9.17, 15) is 10.1 Å². The van der Waals surface area contributed by atoms with Gasteiger partial charge in [-0.3, -0.25) is 10.1 Å². The fraction of sp³-hybridized carbons (Fsp3) is 0.375. The zero-order valence-corrected chi connectivity index (χ0v) is 13.9. The molecule has 9 nitrogen and oxygen atoms in total. The Bertz CT molecular complexity index is 759. The molecule has 9 heteroatoms. The summed E-state index contributed by atoms with van der Waals surface area (Å²) >= 11 is 0. The number of rotatable bonds is 5. The van der Waals surface area contributed by atoms with Crippen LogP contribution in [0.15, 0.2) is 24.3 Å². The van der Waals surface area contributed by atoms with Crippen LogP contribution in [0.3, 0.4) is 0 Å². The molecule has 1 aliphatic heterocycles. The van der Waals surface area contributed by atoms with Gasteiger partial charge in [-0.05, 0) is 43.5 Å². The maximum atomic E-state index is 11.4. The molecule has 25 heavy (non-hydrogen) atoms. The summed E-state index contributed by atoms with van der Waals surface area (Å²) in [6.07, 6.45) is 3.06. The van der Waals surface area contributed by atoms with Gasteiger partial charge in [-0.25, -0.2) is 0 Å². The SMILES string of the molecule is COc1ccc(Nc2nc(N)c([N+](=O)[O-])c(N3CCCCC3)n2)cc1. The van der Waals surface area contributed by atoms with Crippen molar-refractivity contribution in [1.82, 2.24) is 9.97 Å². The predicted octanol–water partition coefficient (Wildman–Crippen LogP) is 2.71. The topological polar surface area (TPSA) is 119 Å². The lowest BCUT2D eigenvalue weighted by Gasteiger charge is -2.27. The summed E-state index contributed by atoms with van der Waals surface area (Å²) in [5, 5.41) is 14.4. The molecule has 0 bridgehead atoms. The van der Waals surface area contributed by atoms with Gasteiger partial charge in [-0.1, -0.05) is 0 Å². The van der Waals surface area contributed by atoms with Crippen molar-refractivity contribution < 1.29 is 9.66 Å². The van der Waals surface area contributed by atoms with E-state index in [0.29, 0.717) is 0 Å². The molecule has 3 rings (SSSR count). The Kier molecular flexibility index (Phi) is 4.82. The first-order chi connectivity index (χ1) is 12.1. The third-order valence-corrected chi connectivity index (χ3v) is 4.08. The van der Waals surface area contributed by atoms with Gasteiger partial charge in [-0.15, -0.1) is 0 Å². The summed E-state index contributed by atoms with van der Waals surface area (Å²) < 4.78 is 5.12. The van der Waals surface area contributed by atoms with Crippen LogP contribution < -0.4 is 20.7 Å². The summed E-state index contributed by atoms with van der Waals surface area (Å²) in [4.78, 5) is 21.2. The quantitative estimate of drug-likeness (QED) is 0.627. The molecule has 3 N–H and O–H groups in total. The maximum absolute atomic E-state index is 11.4. The van der Waals surface area contributed by atoms with Crippen LogP contribution in [0.25, 0.3) is 0 Å². The van der Waals surface area contributed by atoms with Crippen molar-refractivity contribution >= 4 is 29.0 Å². The lowest BCUT2D eigenvalue weighted by molar-refractivity contribution is -0.383. The fourth-order valence-corrected chi connectivity index (χ4v) is 2.82. The third kappa shape index (κ3) is 3.70. The molecule has 0 amide bonds. The molecule has 1 aromatic heterocycles. The van der Waals surface area contributed by atoms with E-state index in [1.54, 1.807) is 31.4 Å². The van der Waals surface area contributed by atoms with Crippen molar-refractivity contribution in [3.63, 3.8) is 0 Å². The minimum Gasteiger partial charge on any atom is -0.497 e. The molecule has 0 radical (unpaired) electrons. The summed E-state index contributed by atoms with van der Waals surface area (Å²) in [5.74, 6) is 1.09. The number of nitrogens with zero attached hydrogens (tertiary/aromatic N) is 4. The van der Waals surface area contributed by atoms with Gasteiger partial charge in [0.05, 0.1) is 12.0 Å². The molecule has 0 atom stereocenters. The second-order valence-electron chi connectivity index (χ2n) is 5.76. The van der Waals surface area contributed by atoms with E-state index in [4.69, 9.17) is 10.5 Å². The highest BCUT2D eigenvalue weighted by Gasteiger charge is 2.28. The molecule has 2 aromatic rings. The number of benzene rings is 1. The third-order valence-electron chi connectivity index (χ3n) is 4.08. The van der Waals surface area contributed by atoms with Crippen molar-refractivity contribution in [2.24, 2.45) is 0 Å². The van der Waals surface area contributed by atoms with E-state index in [2.05, 4.69) is 15.3 Å². The normalized spacial score (nSPS) is 14.2. The number of piperidine rings is 1. The summed E-state index contributed by atoms with van der Waals surface area (Å²) in [7, 11) is 1.59. The molecule has 1 aromatic carbocycles. The minimum absolute atomic E-state index is 0.142. The summed E-state index contributed by atoms with van der Waals surface area (Å²) in [6.45, 7) is 1.44. The fourth-order valence-electron chi connectivity index (χ4n) is 2.82. The van der Waals surface area contributed by atoms with Gasteiger partial charge in [-0.2, -0.15) is 9.97 Å². The number of hydrogen-bond donors (Lipinski definition) is 2. The number of methoxy groups -OCH3 is 1. The van der Waals surface area contributed by atoms with E-state index in [1.807, 2.05) is 4.90 Å². The van der Waals surface area contributed by atoms with E-state index < -0.39 is 4.92 Å². The van der Waals surface area contributed by atoms with Gasteiger partial charge in [0.2, 0.25) is 17.6 Å². The van der Waals surface area contributed by atoms with Gasteiger partial charge < -0.3 is 20.7 Å². The van der Waals surface area contributed by atoms with Crippen LogP contribution in [0, 0.1) is 10.1 Å². The molecule has 1 fully saturated rings. The maximum Gasteiger partial charge on any atom is 0.353 e. The molecule has 0 saturated carbocycles. The Morgan fingerprint density at radius 1 is 1.20 bits per heavy atom. The number of nitrogens with one attached hydrogen (secondary N) is 1. The largest absolute Gasteiger partial charge is 0.497 e. The number of nitrogen functional groups attached to an aromatic ring is 1. The molecule has 0 aliphatic carbocycles. The van der Waals surface area contributed by atoms with Crippen molar-refractivity contribution in [3.8, 4) is 5.75 Å². The number of nitro groups is 1. The first-order valence-corrected chi connectivity index (χ1v) is 8.06. The van der Waals surface area contributed by atoms with E-state index in [0.717, 1.165) is 43.8 Å². The van der Waals surface area contributed by atoms with E-state index in [1.165, 1.54) is 0 Å². The van der Waals surface area contributed by atoms with Crippen molar-refractivity contribution in [1.29, 1.82) is 0 Å². The van der Waals surface area contributed by atoms with E-state index in [-0.39, 0.29) is 23.3 Å². The van der Waals surface area contributed by atoms with Gasteiger partial charge >= 0.3 is 5.69 Å². The second-order valence-corrected chi connectivity index (χ2v) is 5.76. The number of aromatic nitrogens is 2. The van der Waals surface area contributed by atoms with Gasteiger partial charge in [0.15, 0.2) is 0 Å². The highest BCUT2D eigenvalue weighted by atomic mass is 16.6. The van der Waals surface area contributed by atoms with Crippen molar-refractivity contribution in [3.05, 3.63) is 34.4 Å². The predicted molar refractivity (Wildman–Crippen MR) is 95.4 cm³/mol. The zero-order valence-electron chi connectivity index (χ0n) is 13.9. The highest BCUT2D eigenvalue weighted by molar-refractivity contribution is 5.72. The molecule has 0 spiro atoms. The van der Waals surface area contributed by atoms with Crippen LogP contribution in [0.1, 0.15) is 19.3 Å². The Morgan fingerprint density at radius 2 is 1.88 bits per heavy atom. The Hall–Kier alpha value is -3.10. The monoisotopic (exact) mass is 344 g/mol. The number of nitrogens with two attached hydrogens (primary N) is 1. The van der Waals surface area contributed by atoms with E-state index >= 15 is 0 Å². The Morgan fingerprint density at radius 3 is 2.48 bits per heavy atom. The van der Waals surface area contributed by atoms with Crippen LogP contribution in [0.4, 0.5) is 29.0 Å². The molecular formula is C16H20N6O3. The standard InChI is InChI=1S/C16H20N6O3/c1-25-12-7-5-11(6-8-12)18-16-19-14(17)13(22(23)24)15(20-16)21-9-3-2-4-10-21/h5-8H,2-4,9-10H2,1H3,(H3,17,18,19,20). The molecule has 132 valence electrons. The molecule has 0 unspecified atom stereocenters. The second kappa shape index (κ2) is 7.20. The van der Waals surface area contributed by atoms with Crippen LogP contribution in [-0.2, 0) is 0 Å². The van der Waals surface area contributed by atoms with Crippen molar-refractivity contribution in [2.45, 2.75) is 19.3 Å². The van der Waals surface area contributed by atoms with Crippen molar-refractivity contribution in [2.75, 3.05) is 36.1 Å². The zero-order chi connectivity index (χ0) is 17.8. The average molecular weight is 344 g/mol. The number of ether oxygens (including phenoxy) is 1. The number of anilines is 4. The highest BCUT2D eigenvalue weighted by Crippen LogP contribution is 2.34. The molecular weight excluding hydrogens is 324 g/mol. The molecule has 2 heterocycles. The molecule has 1 aliphatic rings. The minimum atomic E-state index is -0.517. The lowest BCUT2D eigenvalue weighted by Crippen LogP contribution is -2.31. The molecule has 1 saturated heterocycles. The van der Waals surface area contributed by atoms with Crippen LogP contribution in [0.5, 0.6) is 5.75 Å². The Balaban J connectivity index is 1.93.